The number of aromatic hydroxyl groups is 1. The predicted octanol–water partition coefficient (Wildman–Crippen LogP) is 3.59. The second kappa shape index (κ2) is 5.65. The van der Waals surface area contributed by atoms with Crippen molar-refractivity contribution in [3.05, 3.63) is 53.1 Å². The molecule has 4 heteroatoms. The SMILES string of the molecule is COC(=O)c1c(O)cc(C)c(Oc2ccccc2)c1C. The largest absolute Gasteiger partial charge is 0.507 e. The van der Waals surface area contributed by atoms with E-state index in [1.807, 2.05) is 37.3 Å². The normalized spacial score (nSPS) is 10.2. The van der Waals surface area contributed by atoms with Gasteiger partial charge in [0.25, 0.3) is 0 Å². The van der Waals surface area contributed by atoms with Gasteiger partial charge in [-0.15, -0.1) is 0 Å². The molecule has 0 atom stereocenters. The summed E-state index contributed by atoms with van der Waals surface area (Å²) in [7, 11) is 1.28. The van der Waals surface area contributed by atoms with E-state index in [1.54, 1.807) is 6.92 Å². The third-order valence-corrected chi connectivity index (χ3v) is 3.04. The zero-order chi connectivity index (χ0) is 14.7. The highest BCUT2D eigenvalue weighted by atomic mass is 16.5. The van der Waals surface area contributed by atoms with Gasteiger partial charge in [0.15, 0.2) is 0 Å². The van der Waals surface area contributed by atoms with E-state index in [2.05, 4.69) is 4.74 Å². The molecule has 0 saturated carbocycles. The second-order valence-electron chi connectivity index (χ2n) is 4.45. The van der Waals surface area contributed by atoms with Gasteiger partial charge in [-0.25, -0.2) is 4.79 Å². The number of methoxy groups -OCH3 is 1. The first-order valence-corrected chi connectivity index (χ1v) is 6.19. The maximum atomic E-state index is 11.7. The summed E-state index contributed by atoms with van der Waals surface area (Å²) < 4.78 is 10.5. The Kier molecular flexibility index (Phi) is 3.94. The summed E-state index contributed by atoms with van der Waals surface area (Å²) in [6.07, 6.45) is 0. The molecule has 0 amide bonds. The number of phenols is 1. The molecule has 2 rings (SSSR count). The highest BCUT2D eigenvalue weighted by molar-refractivity contribution is 5.95. The van der Waals surface area contributed by atoms with Crippen LogP contribution >= 0.6 is 0 Å². The van der Waals surface area contributed by atoms with Gasteiger partial charge in [-0.1, -0.05) is 18.2 Å². The molecule has 20 heavy (non-hydrogen) atoms. The van der Waals surface area contributed by atoms with E-state index < -0.39 is 5.97 Å². The summed E-state index contributed by atoms with van der Waals surface area (Å²) in [4.78, 5) is 11.7. The van der Waals surface area contributed by atoms with E-state index >= 15 is 0 Å². The van der Waals surface area contributed by atoms with Crippen LogP contribution in [0.5, 0.6) is 17.2 Å². The Hall–Kier alpha value is -2.49. The van der Waals surface area contributed by atoms with Crippen LogP contribution in [0, 0.1) is 13.8 Å². The Labute approximate surface area is 117 Å². The van der Waals surface area contributed by atoms with Crippen molar-refractivity contribution < 1.29 is 19.4 Å². The lowest BCUT2D eigenvalue weighted by Gasteiger charge is -2.15. The van der Waals surface area contributed by atoms with Crippen molar-refractivity contribution in [1.82, 2.24) is 0 Å². The second-order valence-corrected chi connectivity index (χ2v) is 4.45. The number of benzene rings is 2. The number of phenolic OH excluding ortho intramolecular Hbond substituents is 1. The van der Waals surface area contributed by atoms with Crippen molar-refractivity contribution in [3.8, 4) is 17.2 Å². The van der Waals surface area contributed by atoms with Gasteiger partial charge in [-0.2, -0.15) is 0 Å². The van der Waals surface area contributed by atoms with E-state index in [4.69, 9.17) is 4.74 Å². The molecule has 0 aliphatic heterocycles. The first-order chi connectivity index (χ1) is 9.54. The van der Waals surface area contributed by atoms with Crippen LogP contribution in [0.1, 0.15) is 21.5 Å². The minimum absolute atomic E-state index is 0.104. The quantitative estimate of drug-likeness (QED) is 0.867. The fraction of sp³-hybridized carbons (Fsp3) is 0.188. The minimum atomic E-state index is -0.585. The molecule has 0 aromatic heterocycles. The lowest BCUT2D eigenvalue weighted by molar-refractivity contribution is 0.0596. The minimum Gasteiger partial charge on any atom is -0.507 e. The molecule has 2 aromatic carbocycles. The van der Waals surface area contributed by atoms with Crippen molar-refractivity contribution in [2.45, 2.75) is 13.8 Å². The Bertz CT molecular complexity index is 633. The summed E-state index contributed by atoms with van der Waals surface area (Å²) >= 11 is 0. The van der Waals surface area contributed by atoms with Crippen molar-refractivity contribution >= 4 is 5.97 Å². The van der Waals surface area contributed by atoms with Crippen LogP contribution in [0.3, 0.4) is 0 Å². The topological polar surface area (TPSA) is 55.8 Å². The number of esters is 1. The number of hydrogen-bond donors (Lipinski definition) is 1. The lowest BCUT2D eigenvalue weighted by atomic mass is 10.0. The fourth-order valence-electron chi connectivity index (χ4n) is 2.07. The smallest absolute Gasteiger partial charge is 0.342 e. The van der Waals surface area contributed by atoms with E-state index in [1.165, 1.54) is 13.2 Å². The van der Waals surface area contributed by atoms with Gasteiger partial charge in [0, 0.05) is 5.56 Å². The Morgan fingerprint density at radius 2 is 1.80 bits per heavy atom. The average Bonchev–Trinajstić information content (AvgIpc) is 2.44. The zero-order valence-electron chi connectivity index (χ0n) is 11.6. The molecule has 1 N–H and O–H groups in total. The fourth-order valence-corrected chi connectivity index (χ4v) is 2.07. The van der Waals surface area contributed by atoms with Crippen LogP contribution in [0.25, 0.3) is 0 Å². The molecular weight excluding hydrogens is 256 g/mol. The van der Waals surface area contributed by atoms with Crippen molar-refractivity contribution in [2.75, 3.05) is 7.11 Å². The molecule has 0 fully saturated rings. The maximum absolute atomic E-state index is 11.7. The lowest BCUT2D eigenvalue weighted by Crippen LogP contribution is -2.06. The van der Waals surface area contributed by atoms with Crippen LogP contribution in [-0.2, 0) is 4.74 Å². The van der Waals surface area contributed by atoms with E-state index in [0.29, 0.717) is 17.1 Å². The number of para-hydroxylation sites is 1. The van der Waals surface area contributed by atoms with Crippen molar-refractivity contribution in [1.29, 1.82) is 0 Å². The molecular formula is C16H16O4. The van der Waals surface area contributed by atoms with E-state index in [0.717, 1.165) is 5.56 Å². The van der Waals surface area contributed by atoms with Gasteiger partial charge >= 0.3 is 5.97 Å². The summed E-state index contributed by atoms with van der Waals surface area (Å²) in [5.74, 6) is 0.528. The van der Waals surface area contributed by atoms with Gasteiger partial charge in [0.1, 0.15) is 22.8 Å². The van der Waals surface area contributed by atoms with Crippen LogP contribution in [0.2, 0.25) is 0 Å². The monoisotopic (exact) mass is 272 g/mol. The molecule has 2 aromatic rings. The van der Waals surface area contributed by atoms with Crippen LogP contribution in [0.15, 0.2) is 36.4 Å². The molecule has 104 valence electrons. The molecule has 0 saturated heterocycles. The number of rotatable bonds is 3. The van der Waals surface area contributed by atoms with E-state index in [9.17, 15) is 9.90 Å². The first kappa shape index (κ1) is 13.9. The first-order valence-electron chi connectivity index (χ1n) is 6.19. The third-order valence-electron chi connectivity index (χ3n) is 3.04. The summed E-state index contributed by atoms with van der Waals surface area (Å²) in [5.41, 5.74) is 1.43. The van der Waals surface area contributed by atoms with Crippen LogP contribution in [-0.4, -0.2) is 18.2 Å². The molecule has 0 aliphatic carbocycles. The molecule has 0 radical (unpaired) electrons. The molecule has 0 spiro atoms. The molecule has 0 heterocycles. The Morgan fingerprint density at radius 1 is 1.15 bits per heavy atom. The summed E-state index contributed by atoms with van der Waals surface area (Å²) in [5, 5.41) is 9.91. The van der Waals surface area contributed by atoms with Gasteiger partial charge in [-0.3, -0.25) is 0 Å². The Morgan fingerprint density at radius 3 is 2.40 bits per heavy atom. The number of aryl methyl sites for hydroxylation is 1. The summed E-state index contributed by atoms with van der Waals surface area (Å²) in [6, 6.07) is 10.8. The molecule has 4 nitrogen and oxygen atoms in total. The summed E-state index contributed by atoms with van der Waals surface area (Å²) in [6.45, 7) is 3.53. The van der Waals surface area contributed by atoms with E-state index in [-0.39, 0.29) is 11.3 Å². The van der Waals surface area contributed by atoms with Crippen molar-refractivity contribution in [3.63, 3.8) is 0 Å². The molecule has 0 unspecified atom stereocenters. The van der Waals surface area contributed by atoms with Gasteiger partial charge < -0.3 is 14.6 Å². The highest BCUT2D eigenvalue weighted by Crippen LogP contribution is 2.36. The Balaban J connectivity index is 2.51. The zero-order valence-corrected chi connectivity index (χ0v) is 11.6. The standard InChI is InChI=1S/C16H16O4/c1-10-9-13(17)14(16(18)19-3)11(2)15(10)20-12-7-5-4-6-8-12/h4-9,17H,1-3H3. The van der Waals surface area contributed by atoms with Crippen LogP contribution < -0.4 is 4.74 Å². The van der Waals surface area contributed by atoms with Gasteiger partial charge in [0.2, 0.25) is 0 Å². The average molecular weight is 272 g/mol. The molecule has 0 aliphatic rings. The number of hydrogen-bond acceptors (Lipinski definition) is 4. The molecule has 0 bridgehead atoms. The number of carbonyl (C=O) groups is 1. The third kappa shape index (κ3) is 2.59. The number of carbonyl (C=O) groups excluding carboxylic acids is 1. The van der Waals surface area contributed by atoms with Crippen molar-refractivity contribution in [2.24, 2.45) is 0 Å². The maximum Gasteiger partial charge on any atom is 0.342 e. The van der Waals surface area contributed by atoms with Crippen LogP contribution in [0.4, 0.5) is 0 Å². The number of ether oxygens (including phenoxy) is 2. The van der Waals surface area contributed by atoms with Gasteiger partial charge in [0.05, 0.1) is 7.11 Å². The van der Waals surface area contributed by atoms with Gasteiger partial charge in [-0.05, 0) is 37.6 Å². The highest BCUT2D eigenvalue weighted by Gasteiger charge is 2.20. The predicted molar refractivity (Wildman–Crippen MR) is 75.4 cm³/mol.